The number of hydrogen-bond donors (Lipinski definition) is 0. The van der Waals surface area contributed by atoms with Gasteiger partial charge in [-0.15, -0.1) is 0 Å². The summed E-state index contributed by atoms with van der Waals surface area (Å²) in [5.74, 6) is -0.467. The number of ether oxygens (including phenoxy) is 1. The molecule has 0 bridgehead atoms. The van der Waals surface area contributed by atoms with Crippen LogP contribution in [0.5, 0.6) is 0 Å². The van der Waals surface area contributed by atoms with E-state index in [4.69, 9.17) is 10.00 Å². The summed E-state index contributed by atoms with van der Waals surface area (Å²) >= 11 is 0. The molecule has 1 saturated carbocycles. The zero-order chi connectivity index (χ0) is 17.2. The third kappa shape index (κ3) is 6.45. The van der Waals surface area contributed by atoms with E-state index in [2.05, 4.69) is 31.2 Å². The molecule has 130 valence electrons. The Hall–Kier alpha value is -1.66. The van der Waals surface area contributed by atoms with Crippen LogP contribution in [0.4, 0.5) is 4.39 Å². The summed E-state index contributed by atoms with van der Waals surface area (Å²) in [7, 11) is 0. The van der Waals surface area contributed by atoms with Gasteiger partial charge in [-0.3, -0.25) is 0 Å². The lowest BCUT2D eigenvalue weighted by Gasteiger charge is -2.26. The molecule has 0 saturated heterocycles. The molecule has 0 unspecified atom stereocenters. The highest BCUT2D eigenvalue weighted by atomic mass is 19.1. The lowest BCUT2D eigenvalue weighted by molar-refractivity contribution is 0.0109. The third-order valence-electron chi connectivity index (χ3n) is 4.79. The predicted octanol–water partition coefficient (Wildman–Crippen LogP) is 5.87. The molecule has 2 rings (SSSR count). The molecule has 0 aliphatic heterocycles. The van der Waals surface area contributed by atoms with Crippen LogP contribution in [0.3, 0.4) is 0 Å². The van der Waals surface area contributed by atoms with Crippen LogP contribution in [-0.4, -0.2) is 6.10 Å². The molecule has 0 spiro atoms. The molecule has 0 amide bonds. The van der Waals surface area contributed by atoms with E-state index in [-0.39, 0.29) is 12.0 Å². The van der Waals surface area contributed by atoms with Gasteiger partial charge < -0.3 is 4.74 Å². The fourth-order valence-electron chi connectivity index (χ4n) is 3.26. The van der Waals surface area contributed by atoms with Crippen molar-refractivity contribution in [2.24, 2.45) is 5.92 Å². The molecular weight excluding hydrogens is 301 g/mol. The van der Waals surface area contributed by atoms with Crippen LogP contribution >= 0.6 is 0 Å². The molecule has 0 N–H and O–H groups in total. The minimum atomic E-state index is -0.654. The van der Waals surface area contributed by atoms with Crippen LogP contribution in [0.2, 0.25) is 0 Å². The molecule has 1 aromatic rings. The summed E-state index contributed by atoms with van der Waals surface area (Å²) in [6.07, 6.45) is 10.4. The van der Waals surface area contributed by atoms with Crippen molar-refractivity contribution in [1.82, 2.24) is 0 Å². The first-order chi connectivity index (χ1) is 11.7. The van der Waals surface area contributed by atoms with Gasteiger partial charge >= 0.3 is 0 Å². The topological polar surface area (TPSA) is 33.0 Å². The zero-order valence-corrected chi connectivity index (χ0v) is 14.6. The van der Waals surface area contributed by atoms with Gasteiger partial charge in [-0.05, 0) is 61.6 Å². The first-order valence-corrected chi connectivity index (χ1v) is 9.18. The number of halogens is 1. The van der Waals surface area contributed by atoms with E-state index in [0.29, 0.717) is 6.61 Å². The third-order valence-corrected chi connectivity index (χ3v) is 4.79. The van der Waals surface area contributed by atoms with Crippen LogP contribution in [0.15, 0.2) is 36.2 Å². The van der Waals surface area contributed by atoms with Gasteiger partial charge in [0.15, 0.2) is 5.83 Å². The number of unbranched alkanes of at least 4 members (excludes halogenated alkanes) is 2. The van der Waals surface area contributed by atoms with Gasteiger partial charge in [0.05, 0.1) is 12.7 Å². The average Bonchev–Trinajstić information content (AvgIpc) is 2.62. The van der Waals surface area contributed by atoms with E-state index in [9.17, 15) is 4.39 Å². The van der Waals surface area contributed by atoms with Gasteiger partial charge in [0.2, 0.25) is 0 Å². The fraction of sp³-hybridized carbons (Fsp3) is 0.571. The summed E-state index contributed by atoms with van der Waals surface area (Å²) in [5, 5.41) is 8.49. The summed E-state index contributed by atoms with van der Waals surface area (Å²) in [4.78, 5) is 0. The largest absolute Gasteiger partial charge is 0.374 e. The van der Waals surface area contributed by atoms with Crippen molar-refractivity contribution in [3.63, 3.8) is 0 Å². The number of aryl methyl sites for hydroxylation is 1. The van der Waals surface area contributed by atoms with Gasteiger partial charge in [-0.1, -0.05) is 44.0 Å². The van der Waals surface area contributed by atoms with Crippen molar-refractivity contribution in [3.05, 3.63) is 47.3 Å². The van der Waals surface area contributed by atoms with Crippen LogP contribution < -0.4 is 0 Å². The first-order valence-electron chi connectivity index (χ1n) is 9.18. The van der Waals surface area contributed by atoms with E-state index in [0.717, 1.165) is 32.1 Å². The molecular formula is C21H28FNO. The Bertz CT molecular complexity index is 550. The molecule has 1 aliphatic carbocycles. The number of benzene rings is 1. The Balaban J connectivity index is 1.70. The van der Waals surface area contributed by atoms with Gasteiger partial charge in [-0.25, -0.2) is 0 Å². The van der Waals surface area contributed by atoms with Crippen molar-refractivity contribution >= 4 is 0 Å². The second kappa shape index (κ2) is 10.3. The fourth-order valence-corrected chi connectivity index (χ4v) is 3.26. The van der Waals surface area contributed by atoms with Crippen LogP contribution in [0.25, 0.3) is 0 Å². The summed E-state index contributed by atoms with van der Waals surface area (Å²) in [5.41, 5.74) is 2.62. The second-order valence-electron chi connectivity index (χ2n) is 6.75. The van der Waals surface area contributed by atoms with E-state index in [1.54, 1.807) is 6.07 Å². The number of nitriles is 1. The standard InChI is InChI=1S/C21H28FNO/c1-2-3-4-5-17-6-8-19(9-7-17)16-24-21-12-10-18(11-13-21)14-20(22)15-23/h6-9,14,18,21H,2-5,10-13,16H2,1H3/b20-14+. The predicted molar refractivity (Wildman–Crippen MR) is 95.0 cm³/mol. The number of allylic oxidation sites excluding steroid dienone is 2. The molecule has 0 atom stereocenters. The zero-order valence-electron chi connectivity index (χ0n) is 14.6. The van der Waals surface area contributed by atoms with Crippen molar-refractivity contribution < 1.29 is 9.13 Å². The summed E-state index contributed by atoms with van der Waals surface area (Å²) < 4.78 is 19.0. The summed E-state index contributed by atoms with van der Waals surface area (Å²) in [6, 6.07) is 10.3. The molecule has 3 heteroatoms. The highest BCUT2D eigenvalue weighted by molar-refractivity contribution is 5.22. The maximum atomic E-state index is 13.0. The van der Waals surface area contributed by atoms with Crippen LogP contribution in [0.1, 0.15) is 63.0 Å². The van der Waals surface area contributed by atoms with Gasteiger partial charge in [0.1, 0.15) is 6.07 Å². The maximum absolute atomic E-state index is 13.0. The Morgan fingerprint density at radius 2 is 1.83 bits per heavy atom. The molecule has 0 aromatic heterocycles. The van der Waals surface area contributed by atoms with E-state index < -0.39 is 5.83 Å². The molecule has 1 aliphatic rings. The number of nitrogens with zero attached hydrogens (tertiary/aromatic N) is 1. The molecule has 24 heavy (non-hydrogen) atoms. The summed E-state index contributed by atoms with van der Waals surface area (Å²) in [6.45, 7) is 2.87. The smallest absolute Gasteiger partial charge is 0.196 e. The second-order valence-corrected chi connectivity index (χ2v) is 6.75. The average molecular weight is 329 g/mol. The lowest BCUT2D eigenvalue weighted by atomic mass is 9.87. The Morgan fingerprint density at radius 3 is 2.46 bits per heavy atom. The SMILES string of the molecule is CCCCCc1ccc(COC2CCC(/C=C(/F)C#N)CC2)cc1. The van der Waals surface area contributed by atoms with E-state index in [1.807, 2.05) is 0 Å². The van der Waals surface area contributed by atoms with E-state index >= 15 is 0 Å². The lowest BCUT2D eigenvalue weighted by Crippen LogP contribution is -2.20. The maximum Gasteiger partial charge on any atom is 0.196 e. The van der Waals surface area contributed by atoms with E-state index in [1.165, 1.54) is 36.5 Å². The molecule has 1 fully saturated rings. The quantitative estimate of drug-likeness (QED) is 0.441. The molecule has 1 aromatic carbocycles. The highest BCUT2D eigenvalue weighted by Gasteiger charge is 2.20. The Kier molecular flexibility index (Phi) is 7.98. The Labute approximate surface area is 145 Å². The van der Waals surface area contributed by atoms with Gasteiger partial charge in [0, 0.05) is 0 Å². The van der Waals surface area contributed by atoms with Crippen molar-refractivity contribution in [2.45, 2.75) is 71.0 Å². The van der Waals surface area contributed by atoms with Crippen molar-refractivity contribution in [2.75, 3.05) is 0 Å². The number of rotatable bonds is 8. The first kappa shape index (κ1) is 18.7. The monoisotopic (exact) mass is 329 g/mol. The highest BCUT2D eigenvalue weighted by Crippen LogP contribution is 2.28. The van der Waals surface area contributed by atoms with Crippen molar-refractivity contribution in [1.29, 1.82) is 5.26 Å². The van der Waals surface area contributed by atoms with Crippen LogP contribution in [-0.2, 0) is 17.8 Å². The normalized spacial score (nSPS) is 21.5. The molecule has 0 heterocycles. The van der Waals surface area contributed by atoms with Crippen LogP contribution in [0, 0.1) is 17.2 Å². The van der Waals surface area contributed by atoms with Gasteiger partial charge in [0.25, 0.3) is 0 Å². The molecule has 2 nitrogen and oxygen atoms in total. The minimum Gasteiger partial charge on any atom is -0.374 e. The minimum absolute atomic E-state index is 0.187. The van der Waals surface area contributed by atoms with Crippen molar-refractivity contribution in [3.8, 4) is 6.07 Å². The van der Waals surface area contributed by atoms with Gasteiger partial charge in [-0.2, -0.15) is 9.65 Å². The molecule has 0 radical (unpaired) electrons. The Morgan fingerprint density at radius 1 is 1.17 bits per heavy atom. The number of hydrogen-bond acceptors (Lipinski definition) is 2.